The summed E-state index contributed by atoms with van der Waals surface area (Å²) in [7, 11) is 0. The molecule has 1 unspecified atom stereocenters. The fourth-order valence-corrected chi connectivity index (χ4v) is 3.48. The predicted octanol–water partition coefficient (Wildman–Crippen LogP) is 3.88. The third-order valence-corrected chi connectivity index (χ3v) is 4.89. The Bertz CT molecular complexity index is 591. The standard InChI is InChI=1S/C19H28O3/c1-12-8-14-15(9-13(12)11-20)18(4,5)16(10-17(14,2)3)22-19(6,7)21/h8-9,11,16,21H,10H2,1-7H3. The predicted molar refractivity (Wildman–Crippen MR) is 88.4 cm³/mol. The SMILES string of the molecule is Cc1cc2c(cc1C=O)C(C)(C)C(OC(C)(C)O)CC2(C)C. The van der Waals surface area contributed by atoms with Gasteiger partial charge in [-0.2, -0.15) is 0 Å². The van der Waals surface area contributed by atoms with Crippen LogP contribution >= 0.6 is 0 Å². The Kier molecular flexibility index (Phi) is 4.04. The average Bonchev–Trinajstić information content (AvgIpc) is 2.34. The molecule has 1 aromatic carbocycles. The second-order valence-corrected chi connectivity index (χ2v) is 8.24. The Morgan fingerprint density at radius 2 is 1.82 bits per heavy atom. The molecular weight excluding hydrogens is 276 g/mol. The van der Waals surface area contributed by atoms with Gasteiger partial charge < -0.3 is 9.84 Å². The molecule has 22 heavy (non-hydrogen) atoms. The van der Waals surface area contributed by atoms with Crippen molar-refractivity contribution < 1.29 is 14.6 Å². The molecule has 0 fully saturated rings. The number of aryl methyl sites for hydroxylation is 1. The summed E-state index contributed by atoms with van der Waals surface area (Å²) in [6.07, 6.45) is 1.63. The van der Waals surface area contributed by atoms with Crippen LogP contribution in [-0.2, 0) is 15.6 Å². The van der Waals surface area contributed by atoms with Gasteiger partial charge in [0.15, 0.2) is 5.79 Å². The molecule has 3 nitrogen and oxygen atoms in total. The number of carbonyl (C=O) groups is 1. The molecule has 1 aromatic rings. The van der Waals surface area contributed by atoms with Gasteiger partial charge in [-0.15, -0.1) is 0 Å². The number of fused-ring (bicyclic) bond motifs is 1. The van der Waals surface area contributed by atoms with Crippen LogP contribution in [0, 0.1) is 6.92 Å². The minimum absolute atomic E-state index is 0.0626. The molecule has 2 rings (SSSR count). The molecule has 0 heterocycles. The van der Waals surface area contributed by atoms with Crippen LogP contribution in [0.1, 0.15) is 75.0 Å². The summed E-state index contributed by atoms with van der Waals surface area (Å²) in [4.78, 5) is 11.3. The first kappa shape index (κ1) is 17.2. The van der Waals surface area contributed by atoms with Gasteiger partial charge in [0.05, 0.1) is 6.10 Å². The number of hydrogen-bond donors (Lipinski definition) is 1. The van der Waals surface area contributed by atoms with E-state index in [1.807, 2.05) is 13.0 Å². The van der Waals surface area contributed by atoms with E-state index in [9.17, 15) is 9.90 Å². The second-order valence-electron chi connectivity index (χ2n) is 8.24. The van der Waals surface area contributed by atoms with Crippen molar-refractivity contribution >= 4 is 6.29 Å². The van der Waals surface area contributed by atoms with Crippen LogP contribution in [0.25, 0.3) is 0 Å². The number of carbonyl (C=O) groups excluding carboxylic acids is 1. The fraction of sp³-hybridized carbons (Fsp3) is 0.632. The summed E-state index contributed by atoms with van der Waals surface area (Å²) in [5.41, 5.74) is 3.83. The monoisotopic (exact) mass is 304 g/mol. The smallest absolute Gasteiger partial charge is 0.160 e. The Morgan fingerprint density at radius 3 is 2.32 bits per heavy atom. The first-order chi connectivity index (χ1) is 9.88. The van der Waals surface area contributed by atoms with Crippen LogP contribution in [0.2, 0.25) is 0 Å². The van der Waals surface area contributed by atoms with Gasteiger partial charge in [-0.3, -0.25) is 4.79 Å². The van der Waals surface area contributed by atoms with E-state index in [0.29, 0.717) is 0 Å². The van der Waals surface area contributed by atoms with Crippen molar-refractivity contribution in [1.82, 2.24) is 0 Å². The zero-order chi connectivity index (χ0) is 16.9. The molecule has 1 N–H and O–H groups in total. The van der Waals surface area contributed by atoms with Crippen LogP contribution in [0.3, 0.4) is 0 Å². The van der Waals surface area contributed by atoms with Crippen LogP contribution in [0.5, 0.6) is 0 Å². The second kappa shape index (κ2) is 5.17. The lowest BCUT2D eigenvalue weighted by Crippen LogP contribution is -2.49. The maximum absolute atomic E-state index is 11.3. The van der Waals surface area contributed by atoms with Crippen molar-refractivity contribution in [3.05, 3.63) is 34.4 Å². The van der Waals surface area contributed by atoms with Gasteiger partial charge in [0.25, 0.3) is 0 Å². The number of aldehydes is 1. The zero-order valence-electron chi connectivity index (χ0n) is 14.8. The molecule has 3 heteroatoms. The molecule has 1 aliphatic carbocycles. The van der Waals surface area contributed by atoms with Gasteiger partial charge in [-0.25, -0.2) is 0 Å². The summed E-state index contributed by atoms with van der Waals surface area (Å²) < 4.78 is 5.96. The van der Waals surface area contributed by atoms with Crippen LogP contribution in [-0.4, -0.2) is 23.3 Å². The molecule has 0 saturated carbocycles. The lowest BCUT2D eigenvalue weighted by atomic mass is 9.61. The van der Waals surface area contributed by atoms with Crippen molar-refractivity contribution in [2.45, 2.75) is 77.6 Å². The lowest BCUT2D eigenvalue weighted by Gasteiger charge is -2.49. The summed E-state index contributed by atoms with van der Waals surface area (Å²) in [5.74, 6) is -1.17. The third-order valence-electron chi connectivity index (χ3n) is 4.89. The Hall–Kier alpha value is -1.19. The summed E-state index contributed by atoms with van der Waals surface area (Å²) in [6.45, 7) is 14.0. The van der Waals surface area contributed by atoms with Crippen molar-refractivity contribution in [3.63, 3.8) is 0 Å². The molecule has 122 valence electrons. The summed E-state index contributed by atoms with van der Waals surface area (Å²) in [5, 5.41) is 10.1. The quantitative estimate of drug-likeness (QED) is 0.681. The van der Waals surface area contributed by atoms with Gasteiger partial charge in [0, 0.05) is 11.0 Å². The minimum atomic E-state index is -1.17. The lowest BCUT2D eigenvalue weighted by molar-refractivity contribution is -0.224. The molecule has 0 saturated heterocycles. The molecule has 0 amide bonds. The highest BCUT2D eigenvalue weighted by atomic mass is 16.6. The van der Waals surface area contributed by atoms with Gasteiger partial charge in [0.1, 0.15) is 6.29 Å². The number of hydrogen-bond acceptors (Lipinski definition) is 3. The highest BCUT2D eigenvalue weighted by Gasteiger charge is 2.46. The number of ether oxygens (including phenoxy) is 1. The van der Waals surface area contributed by atoms with Crippen molar-refractivity contribution in [3.8, 4) is 0 Å². The molecule has 1 atom stereocenters. The van der Waals surface area contributed by atoms with E-state index in [2.05, 4.69) is 33.8 Å². The summed E-state index contributed by atoms with van der Waals surface area (Å²) in [6, 6.07) is 4.14. The topological polar surface area (TPSA) is 46.5 Å². The number of rotatable bonds is 3. The molecule has 0 spiro atoms. The summed E-state index contributed by atoms with van der Waals surface area (Å²) >= 11 is 0. The van der Waals surface area contributed by atoms with E-state index >= 15 is 0 Å². The largest absolute Gasteiger partial charge is 0.366 e. The number of aliphatic hydroxyl groups is 1. The van der Waals surface area contributed by atoms with E-state index in [1.165, 1.54) is 5.56 Å². The molecule has 0 radical (unpaired) electrons. The van der Waals surface area contributed by atoms with Crippen LogP contribution < -0.4 is 0 Å². The maximum atomic E-state index is 11.3. The van der Waals surface area contributed by atoms with Gasteiger partial charge in [-0.05, 0) is 55.4 Å². The Morgan fingerprint density at radius 1 is 1.23 bits per heavy atom. The van der Waals surface area contributed by atoms with Crippen molar-refractivity contribution in [2.75, 3.05) is 0 Å². The molecule has 0 aromatic heterocycles. The highest BCUT2D eigenvalue weighted by Crippen LogP contribution is 2.48. The van der Waals surface area contributed by atoms with Crippen molar-refractivity contribution in [2.24, 2.45) is 0 Å². The third kappa shape index (κ3) is 2.97. The average molecular weight is 304 g/mol. The highest BCUT2D eigenvalue weighted by molar-refractivity contribution is 5.78. The van der Waals surface area contributed by atoms with Gasteiger partial charge >= 0.3 is 0 Å². The van der Waals surface area contributed by atoms with Gasteiger partial charge in [0.2, 0.25) is 0 Å². The van der Waals surface area contributed by atoms with Crippen molar-refractivity contribution in [1.29, 1.82) is 0 Å². The fourth-order valence-electron chi connectivity index (χ4n) is 3.48. The molecule has 0 bridgehead atoms. The Balaban J connectivity index is 2.62. The van der Waals surface area contributed by atoms with Gasteiger partial charge in [-0.1, -0.05) is 33.8 Å². The molecule has 0 aliphatic heterocycles. The van der Waals surface area contributed by atoms with Crippen LogP contribution in [0.15, 0.2) is 12.1 Å². The maximum Gasteiger partial charge on any atom is 0.160 e. The van der Waals surface area contributed by atoms with E-state index < -0.39 is 5.79 Å². The normalized spacial score (nSPS) is 23.0. The van der Waals surface area contributed by atoms with Crippen LogP contribution in [0.4, 0.5) is 0 Å². The van der Waals surface area contributed by atoms with E-state index in [-0.39, 0.29) is 16.9 Å². The zero-order valence-corrected chi connectivity index (χ0v) is 14.8. The van der Waals surface area contributed by atoms with E-state index in [4.69, 9.17) is 4.74 Å². The number of benzene rings is 1. The molecule has 1 aliphatic rings. The molecular formula is C19H28O3. The van der Waals surface area contributed by atoms with E-state index in [1.54, 1.807) is 13.8 Å². The minimum Gasteiger partial charge on any atom is -0.366 e. The Labute approximate surface area is 133 Å². The van der Waals surface area contributed by atoms with E-state index in [0.717, 1.165) is 29.4 Å². The first-order valence-corrected chi connectivity index (χ1v) is 7.89. The first-order valence-electron chi connectivity index (χ1n) is 7.89.